The first-order valence-electron chi connectivity index (χ1n) is 9.47. The maximum atomic E-state index is 12.9. The summed E-state index contributed by atoms with van der Waals surface area (Å²) in [5.74, 6) is -0.381. The van der Waals surface area contributed by atoms with Gasteiger partial charge in [0.05, 0.1) is 17.4 Å². The molecular weight excluding hydrogens is 356 g/mol. The van der Waals surface area contributed by atoms with Gasteiger partial charge in [-0.15, -0.1) is 0 Å². The summed E-state index contributed by atoms with van der Waals surface area (Å²) in [6, 6.07) is 11.3. The largest absolute Gasteiger partial charge is 0.315 e. The Morgan fingerprint density at radius 3 is 2.75 bits per heavy atom. The standard InChI is InChI=1S/C20H24N6O2/c1-14-18(20(28)26(24(14)2)15-7-4-3-5-8-15)22-19(27)17-10-12-25(23-17)16-9-6-11-21-13-16/h3-5,7-8,10,12,16,21H,6,9,11,13H2,1-2H3,(H,22,27). The number of aromatic nitrogens is 4. The molecule has 1 unspecified atom stereocenters. The molecule has 0 bridgehead atoms. The van der Waals surface area contributed by atoms with Gasteiger partial charge in [-0.1, -0.05) is 18.2 Å². The van der Waals surface area contributed by atoms with Crippen molar-refractivity contribution in [2.45, 2.75) is 25.8 Å². The Balaban J connectivity index is 1.59. The molecule has 0 aliphatic carbocycles. The Morgan fingerprint density at radius 2 is 2.04 bits per heavy atom. The van der Waals surface area contributed by atoms with Crippen LogP contribution < -0.4 is 16.2 Å². The number of nitrogens with one attached hydrogen (secondary N) is 2. The van der Waals surface area contributed by atoms with Crippen molar-refractivity contribution in [3.8, 4) is 5.69 Å². The first-order chi connectivity index (χ1) is 13.6. The van der Waals surface area contributed by atoms with Gasteiger partial charge in [-0.2, -0.15) is 5.10 Å². The van der Waals surface area contributed by atoms with E-state index in [2.05, 4.69) is 15.7 Å². The molecule has 146 valence electrons. The summed E-state index contributed by atoms with van der Waals surface area (Å²) >= 11 is 0. The number of nitrogens with zero attached hydrogens (tertiary/aromatic N) is 4. The highest BCUT2D eigenvalue weighted by Gasteiger charge is 2.21. The molecule has 8 nitrogen and oxygen atoms in total. The summed E-state index contributed by atoms with van der Waals surface area (Å²) in [5.41, 5.74) is 1.73. The van der Waals surface area contributed by atoms with E-state index in [1.165, 1.54) is 4.68 Å². The molecule has 3 aromatic rings. The van der Waals surface area contributed by atoms with E-state index in [-0.39, 0.29) is 23.2 Å². The number of anilines is 1. The lowest BCUT2D eigenvalue weighted by molar-refractivity contribution is 0.102. The van der Waals surface area contributed by atoms with E-state index in [1.807, 2.05) is 48.1 Å². The molecule has 2 aromatic heterocycles. The quantitative estimate of drug-likeness (QED) is 0.723. The van der Waals surface area contributed by atoms with Gasteiger partial charge in [0.1, 0.15) is 5.69 Å². The lowest BCUT2D eigenvalue weighted by atomic mass is 10.1. The van der Waals surface area contributed by atoms with Gasteiger partial charge < -0.3 is 10.6 Å². The van der Waals surface area contributed by atoms with Gasteiger partial charge in [0.15, 0.2) is 5.69 Å². The summed E-state index contributed by atoms with van der Waals surface area (Å²) in [6.45, 7) is 3.68. The predicted octanol–water partition coefficient (Wildman–Crippen LogP) is 1.86. The summed E-state index contributed by atoms with van der Waals surface area (Å²) in [7, 11) is 1.80. The van der Waals surface area contributed by atoms with Gasteiger partial charge in [-0.05, 0) is 44.5 Å². The molecule has 1 atom stereocenters. The van der Waals surface area contributed by atoms with E-state index in [0.29, 0.717) is 11.4 Å². The average molecular weight is 380 g/mol. The summed E-state index contributed by atoms with van der Waals surface area (Å²) in [6.07, 6.45) is 3.95. The second-order valence-corrected chi connectivity index (χ2v) is 7.07. The average Bonchev–Trinajstić information content (AvgIpc) is 3.30. The van der Waals surface area contributed by atoms with Crippen LogP contribution in [0.1, 0.15) is 35.1 Å². The molecule has 8 heteroatoms. The molecule has 1 aliphatic heterocycles. The number of amides is 1. The zero-order valence-corrected chi connectivity index (χ0v) is 16.1. The van der Waals surface area contributed by atoms with Crippen molar-refractivity contribution < 1.29 is 4.79 Å². The minimum absolute atomic E-state index is 0.254. The molecule has 1 fully saturated rings. The van der Waals surface area contributed by atoms with Crippen LogP contribution >= 0.6 is 0 Å². The van der Waals surface area contributed by atoms with Crippen LogP contribution in [0.25, 0.3) is 5.69 Å². The highest BCUT2D eigenvalue weighted by atomic mass is 16.2. The van der Waals surface area contributed by atoms with Crippen LogP contribution in [0.5, 0.6) is 0 Å². The molecule has 0 radical (unpaired) electrons. The van der Waals surface area contributed by atoms with E-state index < -0.39 is 0 Å². The summed E-state index contributed by atoms with van der Waals surface area (Å²) < 4.78 is 5.11. The van der Waals surface area contributed by atoms with E-state index in [9.17, 15) is 9.59 Å². The molecule has 28 heavy (non-hydrogen) atoms. The summed E-state index contributed by atoms with van der Waals surface area (Å²) in [4.78, 5) is 25.6. The Kier molecular flexibility index (Phi) is 4.87. The SMILES string of the molecule is Cc1c(NC(=O)c2ccn(C3CCCNC3)n2)c(=O)n(-c2ccccc2)n1C. The lowest BCUT2D eigenvalue weighted by Gasteiger charge is -2.22. The van der Waals surface area contributed by atoms with Crippen molar-refractivity contribution in [1.29, 1.82) is 0 Å². The van der Waals surface area contributed by atoms with Crippen LogP contribution in [0.3, 0.4) is 0 Å². The fraction of sp³-hybridized carbons (Fsp3) is 0.350. The van der Waals surface area contributed by atoms with Crippen LogP contribution in [0.2, 0.25) is 0 Å². The lowest BCUT2D eigenvalue weighted by Crippen LogP contribution is -2.32. The Hall–Kier alpha value is -3.13. The van der Waals surface area contributed by atoms with Crippen LogP contribution in [0, 0.1) is 6.92 Å². The van der Waals surface area contributed by atoms with Gasteiger partial charge >= 0.3 is 0 Å². The predicted molar refractivity (Wildman–Crippen MR) is 107 cm³/mol. The number of benzene rings is 1. The first-order valence-corrected chi connectivity index (χ1v) is 9.47. The Labute approximate surface area is 162 Å². The third-order valence-electron chi connectivity index (χ3n) is 5.28. The molecule has 2 N–H and O–H groups in total. The molecule has 3 heterocycles. The van der Waals surface area contributed by atoms with E-state index in [0.717, 1.165) is 31.6 Å². The van der Waals surface area contributed by atoms with Gasteiger partial charge in [-0.3, -0.25) is 19.0 Å². The maximum absolute atomic E-state index is 12.9. The second-order valence-electron chi connectivity index (χ2n) is 7.07. The van der Waals surface area contributed by atoms with E-state index in [1.54, 1.807) is 17.8 Å². The van der Waals surface area contributed by atoms with E-state index >= 15 is 0 Å². The maximum Gasteiger partial charge on any atom is 0.295 e. The van der Waals surface area contributed by atoms with Crippen LogP contribution in [-0.4, -0.2) is 38.1 Å². The Morgan fingerprint density at radius 1 is 1.25 bits per heavy atom. The van der Waals surface area contributed by atoms with Gasteiger partial charge in [0, 0.05) is 19.8 Å². The van der Waals surface area contributed by atoms with Gasteiger partial charge in [0.25, 0.3) is 11.5 Å². The molecule has 1 saturated heterocycles. The number of carbonyl (C=O) groups excluding carboxylic acids is 1. The van der Waals surface area contributed by atoms with Crippen molar-refractivity contribution in [3.63, 3.8) is 0 Å². The highest BCUT2D eigenvalue weighted by molar-refractivity contribution is 6.03. The number of para-hydroxylation sites is 1. The topological polar surface area (TPSA) is 85.9 Å². The number of carbonyl (C=O) groups is 1. The zero-order chi connectivity index (χ0) is 19.7. The third-order valence-corrected chi connectivity index (χ3v) is 5.28. The van der Waals surface area contributed by atoms with Gasteiger partial charge in [0.2, 0.25) is 0 Å². The highest BCUT2D eigenvalue weighted by Crippen LogP contribution is 2.17. The van der Waals surface area contributed by atoms with Crippen LogP contribution in [0.15, 0.2) is 47.4 Å². The van der Waals surface area contributed by atoms with Crippen LogP contribution in [-0.2, 0) is 7.05 Å². The molecule has 0 spiro atoms. The fourth-order valence-corrected chi connectivity index (χ4v) is 3.61. The zero-order valence-electron chi connectivity index (χ0n) is 16.1. The molecule has 1 aliphatic rings. The monoisotopic (exact) mass is 380 g/mol. The number of hydrogen-bond donors (Lipinski definition) is 2. The minimum atomic E-state index is -0.381. The third kappa shape index (κ3) is 3.27. The fourth-order valence-electron chi connectivity index (χ4n) is 3.61. The first kappa shape index (κ1) is 18.2. The molecule has 4 rings (SSSR count). The van der Waals surface area contributed by atoms with Gasteiger partial charge in [-0.25, -0.2) is 4.68 Å². The normalized spacial score (nSPS) is 16.9. The van der Waals surface area contributed by atoms with Crippen molar-refractivity contribution in [1.82, 2.24) is 24.5 Å². The van der Waals surface area contributed by atoms with Crippen molar-refractivity contribution in [3.05, 3.63) is 64.3 Å². The van der Waals surface area contributed by atoms with Crippen molar-refractivity contribution in [2.24, 2.45) is 7.05 Å². The van der Waals surface area contributed by atoms with E-state index in [4.69, 9.17) is 0 Å². The Bertz CT molecular complexity index is 1040. The molecule has 0 saturated carbocycles. The number of hydrogen-bond acceptors (Lipinski definition) is 4. The molecule has 1 aromatic carbocycles. The smallest absolute Gasteiger partial charge is 0.295 e. The number of rotatable bonds is 4. The molecular formula is C20H24N6O2. The molecule has 1 amide bonds. The summed E-state index contributed by atoms with van der Waals surface area (Å²) in [5, 5.41) is 10.5. The number of piperidine rings is 1. The van der Waals surface area contributed by atoms with Crippen LogP contribution in [0.4, 0.5) is 5.69 Å². The van der Waals surface area contributed by atoms with Crippen molar-refractivity contribution >= 4 is 11.6 Å². The minimum Gasteiger partial charge on any atom is -0.315 e. The van der Waals surface area contributed by atoms with Crippen molar-refractivity contribution in [2.75, 3.05) is 18.4 Å². The second kappa shape index (κ2) is 7.47.